The fraction of sp³-hybridized carbons (Fsp3) is 0. The van der Waals surface area contributed by atoms with Crippen LogP contribution in [0.4, 0.5) is 5.69 Å². The molecule has 0 aliphatic carbocycles. The van der Waals surface area contributed by atoms with Gasteiger partial charge in [-0.3, -0.25) is 9.52 Å². The number of aromatic amines is 1. The normalized spacial score (nSPS) is 11.6. The number of benzene rings is 4. The van der Waals surface area contributed by atoms with E-state index in [1.54, 1.807) is 18.3 Å². The van der Waals surface area contributed by atoms with E-state index in [4.69, 9.17) is 0 Å². The monoisotopic (exact) mass is 572 g/mol. The molecule has 37 heavy (non-hydrogen) atoms. The quantitative estimate of drug-likeness (QED) is 0.160. The highest BCUT2D eigenvalue weighted by atomic mass is 79.9. The lowest BCUT2D eigenvalue weighted by molar-refractivity contribution is 0.0955. The number of nitrogens with zero attached hydrogens (tertiary/aromatic N) is 1. The summed E-state index contributed by atoms with van der Waals surface area (Å²) < 4.78 is 28.5. The molecule has 0 unspecified atom stereocenters. The van der Waals surface area contributed by atoms with Crippen LogP contribution in [-0.4, -0.2) is 25.5 Å². The van der Waals surface area contributed by atoms with Gasteiger partial charge in [-0.15, -0.1) is 0 Å². The van der Waals surface area contributed by atoms with Crippen LogP contribution in [0.2, 0.25) is 0 Å². The Morgan fingerprint density at radius 2 is 1.51 bits per heavy atom. The molecule has 0 spiro atoms. The van der Waals surface area contributed by atoms with Gasteiger partial charge in [0.25, 0.3) is 15.9 Å². The molecule has 0 bridgehead atoms. The summed E-state index contributed by atoms with van der Waals surface area (Å²) in [6.45, 7) is 0. The van der Waals surface area contributed by atoms with Gasteiger partial charge in [0, 0.05) is 32.2 Å². The van der Waals surface area contributed by atoms with Gasteiger partial charge in [-0.1, -0.05) is 64.5 Å². The second kappa shape index (κ2) is 10.4. The van der Waals surface area contributed by atoms with E-state index in [1.165, 1.54) is 36.4 Å². The molecule has 1 aromatic heterocycles. The van der Waals surface area contributed by atoms with Crippen LogP contribution < -0.4 is 10.1 Å². The average molecular weight is 573 g/mol. The van der Waals surface area contributed by atoms with Crippen LogP contribution in [0.15, 0.2) is 118 Å². The first-order valence-electron chi connectivity index (χ1n) is 11.3. The van der Waals surface area contributed by atoms with Crippen LogP contribution in [-0.2, 0) is 10.0 Å². The molecular formula is C28H21BrN4O3S. The smallest absolute Gasteiger partial charge is 0.271 e. The van der Waals surface area contributed by atoms with Gasteiger partial charge in [-0.05, 0) is 60.2 Å². The van der Waals surface area contributed by atoms with E-state index in [0.29, 0.717) is 11.3 Å². The molecule has 9 heteroatoms. The maximum absolute atomic E-state index is 12.7. The standard InChI is InChI=1S/C28H21BrN4O3S/c29-21-12-16-23(17-13-21)37(35,36)33-22-14-10-20(11-15-22)28(34)32-30-18-25-24-8-4-5-9-26(24)31-27(25)19-6-2-1-3-7-19/h1-18,31,33H,(H,32,34). The summed E-state index contributed by atoms with van der Waals surface area (Å²) in [5.74, 6) is -0.417. The third-order valence-electron chi connectivity index (χ3n) is 5.69. The lowest BCUT2D eigenvalue weighted by Crippen LogP contribution is -2.18. The Balaban J connectivity index is 1.30. The van der Waals surface area contributed by atoms with Gasteiger partial charge in [0.1, 0.15) is 0 Å². The molecular weight excluding hydrogens is 552 g/mol. The highest BCUT2D eigenvalue weighted by molar-refractivity contribution is 9.10. The van der Waals surface area contributed by atoms with Crippen molar-refractivity contribution in [1.82, 2.24) is 10.4 Å². The highest BCUT2D eigenvalue weighted by Crippen LogP contribution is 2.29. The first kappa shape index (κ1) is 24.5. The van der Waals surface area contributed by atoms with Crippen LogP contribution in [0, 0.1) is 0 Å². The van der Waals surface area contributed by atoms with E-state index in [1.807, 2.05) is 54.6 Å². The molecule has 0 radical (unpaired) electrons. The molecule has 5 aromatic rings. The molecule has 0 atom stereocenters. The molecule has 5 rings (SSSR count). The molecule has 7 nitrogen and oxygen atoms in total. The van der Waals surface area contributed by atoms with Crippen molar-refractivity contribution in [2.24, 2.45) is 5.10 Å². The third-order valence-corrected chi connectivity index (χ3v) is 7.62. The topological polar surface area (TPSA) is 103 Å². The van der Waals surface area contributed by atoms with Crippen LogP contribution in [0.1, 0.15) is 15.9 Å². The summed E-state index contributed by atoms with van der Waals surface area (Å²) >= 11 is 3.29. The number of halogens is 1. The van der Waals surface area contributed by atoms with E-state index in [0.717, 1.165) is 32.2 Å². The largest absolute Gasteiger partial charge is 0.354 e. The number of carbonyl (C=O) groups is 1. The zero-order valence-electron chi connectivity index (χ0n) is 19.4. The van der Waals surface area contributed by atoms with Crippen molar-refractivity contribution in [3.63, 3.8) is 0 Å². The van der Waals surface area contributed by atoms with E-state index >= 15 is 0 Å². The zero-order chi connectivity index (χ0) is 25.8. The van der Waals surface area contributed by atoms with Crippen molar-refractivity contribution < 1.29 is 13.2 Å². The molecule has 3 N–H and O–H groups in total. The Morgan fingerprint density at radius 3 is 2.24 bits per heavy atom. The second-order valence-corrected chi connectivity index (χ2v) is 10.8. The van der Waals surface area contributed by atoms with E-state index in [9.17, 15) is 13.2 Å². The van der Waals surface area contributed by atoms with Gasteiger partial charge in [0.05, 0.1) is 16.8 Å². The summed E-state index contributed by atoms with van der Waals surface area (Å²) in [6, 6.07) is 30.2. The number of nitrogens with one attached hydrogen (secondary N) is 3. The minimum atomic E-state index is -3.75. The molecule has 0 fully saturated rings. The number of hydrazone groups is 1. The molecule has 0 aliphatic rings. The Labute approximate surface area is 222 Å². The number of aromatic nitrogens is 1. The summed E-state index contributed by atoms with van der Waals surface area (Å²) in [5.41, 5.74) is 6.97. The number of sulfonamides is 1. The maximum atomic E-state index is 12.7. The first-order chi connectivity index (χ1) is 17.9. The van der Waals surface area contributed by atoms with Crippen LogP contribution in [0.3, 0.4) is 0 Å². The molecule has 1 amide bonds. The fourth-order valence-corrected chi connectivity index (χ4v) is 5.19. The van der Waals surface area contributed by atoms with Gasteiger partial charge in [0.2, 0.25) is 0 Å². The van der Waals surface area contributed by atoms with E-state index < -0.39 is 15.9 Å². The number of para-hydroxylation sites is 1. The summed E-state index contributed by atoms with van der Waals surface area (Å²) in [5, 5.41) is 5.18. The number of amides is 1. The number of hydrogen-bond donors (Lipinski definition) is 3. The average Bonchev–Trinajstić information content (AvgIpc) is 3.28. The Bertz CT molecular complexity index is 1700. The minimum absolute atomic E-state index is 0.138. The molecule has 1 heterocycles. The van der Waals surface area contributed by atoms with Crippen molar-refractivity contribution in [2.75, 3.05) is 4.72 Å². The Kier molecular flexibility index (Phi) is 6.89. The van der Waals surface area contributed by atoms with E-state index in [-0.39, 0.29) is 4.90 Å². The number of H-pyrrole nitrogens is 1. The number of carbonyl (C=O) groups excluding carboxylic acids is 1. The lowest BCUT2D eigenvalue weighted by Gasteiger charge is -2.09. The van der Waals surface area contributed by atoms with Gasteiger partial charge in [0.15, 0.2) is 0 Å². The Hall–Kier alpha value is -4.21. The molecule has 0 saturated heterocycles. The van der Waals surface area contributed by atoms with Gasteiger partial charge < -0.3 is 4.98 Å². The molecule has 0 aliphatic heterocycles. The number of hydrogen-bond acceptors (Lipinski definition) is 4. The van der Waals surface area contributed by atoms with Crippen molar-refractivity contribution in [2.45, 2.75) is 4.90 Å². The predicted octanol–water partition coefficient (Wildman–Crippen LogP) is 6.16. The van der Waals surface area contributed by atoms with Crippen molar-refractivity contribution in [3.05, 3.63) is 119 Å². The molecule has 4 aromatic carbocycles. The third kappa shape index (κ3) is 5.47. The zero-order valence-corrected chi connectivity index (χ0v) is 21.8. The number of rotatable bonds is 7. The summed E-state index contributed by atoms with van der Waals surface area (Å²) in [6.07, 6.45) is 1.62. The minimum Gasteiger partial charge on any atom is -0.354 e. The summed E-state index contributed by atoms with van der Waals surface area (Å²) in [4.78, 5) is 16.2. The maximum Gasteiger partial charge on any atom is 0.271 e. The number of fused-ring (bicyclic) bond motifs is 1. The van der Waals surface area contributed by atoms with Gasteiger partial charge in [-0.2, -0.15) is 5.10 Å². The van der Waals surface area contributed by atoms with Crippen LogP contribution in [0.5, 0.6) is 0 Å². The first-order valence-corrected chi connectivity index (χ1v) is 13.6. The van der Waals surface area contributed by atoms with Gasteiger partial charge in [-0.25, -0.2) is 13.8 Å². The van der Waals surface area contributed by atoms with Crippen molar-refractivity contribution in [1.29, 1.82) is 0 Å². The van der Waals surface area contributed by atoms with Crippen LogP contribution >= 0.6 is 15.9 Å². The summed E-state index contributed by atoms with van der Waals surface area (Å²) in [7, 11) is -3.75. The highest BCUT2D eigenvalue weighted by Gasteiger charge is 2.15. The van der Waals surface area contributed by atoms with Crippen LogP contribution in [0.25, 0.3) is 22.2 Å². The van der Waals surface area contributed by atoms with Gasteiger partial charge >= 0.3 is 0 Å². The molecule has 184 valence electrons. The SMILES string of the molecule is O=C(NN=Cc1c(-c2ccccc2)[nH]c2ccccc12)c1ccc(NS(=O)(=O)c2ccc(Br)cc2)cc1. The fourth-order valence-electron chi connectivity index (χ4n) is 3.87. The Morgan fingerprint density at radius 1 is 0.838 bits per heavy atom. The van der Waals surface area contributed by atoms with E-state index in [2.05, 4.69) is 36.2 Å². The molecule has 0 saturated carbocycles. The van der Waals surface area contributed by atoms with Crippen molar-refractivity contribution >= 4 is 54.7 Å². The number of anilines is 1. The second-order valence-electron chi connectivity index (χ2n) is 8.16. The lowest BCUT2D eigenvalue weighted by atomic mass is 10.1. The predicted molar refractivity (Wildman–Crippen MR) is 150 cm³/mol. The van der Waals surface area contributed by atoms with Crippen molar-refractivity contribution in [3.8, 4) is 11.3 Å².